The van der Waals surface area contributed by atoms with Gasteiger partial charge >= 0.3 is 0 Å². The Kier molecular flexibility index (Phi) is 7.45. The topological polar surface area (TPSA) is 54.5 Å². The molecule has 1 fully saturated rings. The van der Waals surface area contributed by atoms with Crippen molar-refractivity contribution < 1.29 is 0 Å². The van der Waals surface area contributed by atoms with E-state index in [0.717, 1.165) is 45.1 Å². The molecule has 1 aliphatic rings. The lowest BCUT2D eigenvalue weighted by molar-refractivity contribution is 0.456. The van der Waals surface area contributed by atoms with Gasteiger partial charge in [-0.15, -0.1) is 35.3 Å². The third-order valence-electron chi connectivity index (χ3n) is 3.38. The average Bonchev–Trinajstić information content (AvgIpc) is 3.03. The summed E-state index contributed by atoms with van der Waals surface area (Å²) in [4.78, 5) is 12.2. The van der Waals surface area contributed by atoms with Crippen LogP contribution in [0.5, 0.6) is 0 Å². The van der Waals surface area contributed by atoms with Gasteiger partial charge in [0.05, 0.1) is 6.54 Å². The molecule has 8 heteroatoms. The summed E-state index contributed by atoms with van der Waals surface area (Å²) in [7, 11) is 0. The van der Waals surface area contributed by atoms with Crippen molar-refractivity contribution in [3.8, 4) is 10.6 Å². The van der Waals surface area contributed by atoms with E-state index in [2.05, 4.69) is 14.9 Å². The zero-order valence-corrected chi connectivity index (χ0v) is 17.2. The van der Waals surface area contributed by atoms with Crippen LogP contribution < -0.4 is 5.73 Å². The molecule has 1 aromatic carbocycles. The van der Waals surface area contributed by atoms with Gasteiger partial charge in [0.25, 0.3) is 0 Å². The molecule has 0 radical (unpaired) electrons. The Morgan fingerprint density at radius 3 is 2.65 bits per heavy atom. The van der Waals surface area contributed by atoms with Gasteiger partial charge in [-0.05, 0) is 12.1 Å². The van der Waals surface area contributed by atoms with Crippen molar-refractivity contribution >= 4 is 64.6 Å². The summed E-state index contributed by atoms with van der Waals surface area (Å²) < 4.78 is 0. The summed E-state index contributed by atoms with van der Waals surface area (Å²) in [5, 5.41) is 1.72. The number of hydrogen-bond acceptors (Lipinski definition) is 4. The number of rotatable bonds is 3. The molecular weight excluding hydrogens is 463 g/mol. The van der Waals surface area contributed by atoms with Gasteiger partial charge in [0.1, 0.15) is 5.01 Å². The highest BCUT2D eigenvalue weighted by Gasteiger charge is 2.12. The van der Waals surface area contributed by atoms with Crippen molar-refractivity contribution in [1.29, 1.82) is 0 Å². The van der Waals surface area contributed by atoms with Crippen LogP contribution in [0.3, 0.4) is 0 Å². The lowest BCUT2D eigenvalue weighted by Crippen LogP contribution is -2.42. The number of hydrogen-bond donors (Lipinski definition) is 1. The second kappa shape index (κ2) is 9.10. The minimum atomic E-state index is 0. The Bertz CT molecular complexity index is 654. The van der Waals surface area contributed by atoms with Crippen molar-refractivity contribution in [3.63, 3.8) is 0 Å². The Morgan fingerprint density at radius 2 is 1.96 bits per heavy atom. The highest BCUT2D eigenvalue weighted by molar-refractivity contribution is 14.0. The van der Waals surface area contributed by atoms with Crippen molar-refractivity contribution in [1.82, 2.24) is 9.88 Å². The fourth-order valence-corrected chi connectivity index (χ4v) is 4.03. The zero-order chi connectivity index (χ0) is 15.4. The smallest absolute Gasteiger partial charge is 0.191 e. The standard InChI is InChI=1S/C15H17ClN4S2.HI/c16-12-3-1-11(2-4-12)14-18-9-13(22-14)10-19-15(17)20-5-7-21-8-6-20;/h1-4,9H,5-8,10H2,(H2,17,19);1H. The summed E-state index contributed by atoms with van der Waals surface area (Å²) in [6.45, 7) is 2.55. The highest BCUT2D eigenvalue weighted by atomic mass is 127. The molecule has 0 unspecified atom stereocenters. The lowest BCUT2D eigenvalue weighted by Gasteiger charge is -2.27. The molecule has 0 aliphatic carbocycles. The number of nitrogens with two attached hydrogens (primary N) is 1. The molecular formula is C15H18ClIN4S2. The third-order valence-corrected chi connectivity index (χ3v) is 5.60. The molecule has 0 saturated carbocycles. The van der Waals surface area contributed by atoms with Crippen LogP contribution >= 0.6 is 58.7 Å². The number of aromatic nitrogens is 1. The van der Waals surface area contributed by atoms with Crippen LogP contribution in [-0.2, 0) is 6.54 Å². The Balaban J connectivity index is 0.00000192. The van der Waals surface area contributed by atoms with Crippen molar-refractivity contribution in [2.45, 2.75) is 6.54 Å². The molecule has 2 aromatic rings. The molecule has 3 rings (SSSR count). The number of thioether (sulfide) groups is 1. The molecule has 1 aromatic heterocycles. The second-order valence-electron chi connectivity index (χ2n) is 4.91. The van der Waals surface area contributed by atoms with Crippen molar-refractivity contribution in [3.05, 3.63) is 40.4 Å². The third kappa shape index (κ3) is 5.23. The molecule has 0 bridgehead atoms. The van der Waals surface area contributed by atoms with Gasteiger partial charge in [-0.3, -0.25) is 0 Å². The summed E-state index contributed by atoms with van der Waals surface area (Å²) in [5.41, 5.74) is 7.14. The maximum absolute atomic E-state index is 6.07. The SMILES string of the molecule is I.NC(=NCc1cnc(-c2ccc(Cl)cc2)s1)N1CCSCC1. The Labute approximate surface area is 166 Å². The predicted molar refractivity (Wildman–Crippen MR) is 112 cm³/mol. The zero-order valence-electron chi connectivity index (χ0n) is 12.4. The number of thiazole rings is 1. The minimum absolute atomic E-state index is 0. The van der Waals surface area contributed by atoms with Gasteiger partial charge in [-0.1, -0.05) is 23.7 Å². The van der Waals surface area contributed by atoms with E-state index in [4.69, 9.17) is 17.3 Å². The van der Waals surface area contributed by atoms with E-state index < -0.39 is 0 Å². The van der Waals surface area contributed by atoms with Gasteiger partial charge in [0.15, 0.2) is 5.96 Å². The molecule has 2 N–H and O–H groups in total. The number of aliphatic imine (C=N–C) groups is 1. The molecule has 4 nitrogen and oxygen atoms in total. The number of nitrogens with zero attached hydrogens (tertiary/aromatic N) is 3. The van der Waals surface area contributed by atoms with Crippen LogP contribution in [0.25, 0.3) is 10.6 Å². The molecule has 0 amide bonds. The van der Waals surface area contributed by atoms with E-state index in [1.54, 1.807) is 11.3 Å². The van der Waals surface area contributed by atoms with E-state index >= 15 is 0 Å². The number of benzene rings is 1. The Hall–Kier alpha value is -0.510. The van der Waals surface area contributed by atoms with Crippen LogP contribution in [0.4, 0.5) is 0 Å². The van der Waals surface area contributed by atoms with Gasteiger partial charge in [0, 0.05) is 46.3 Å². The van der Waals surface area contributed by atoms with Crippen LogP contribution in [0.2, 0.25) is 5.02 Å². The first-order valence-electron chi connectivity index (χ1n) is 7.05. The second-order valence-corrected chi connectivity index (χ2v) is 7.69. The minimum Gasteiger partial charge on any atom is -0.370 e. The van der Waals surface area contributed by atoms with Gasteiger partial charge in [0.2, 0.25) is 0 Å². The van der Waals surface area contributed by atoms with Gasteiger partial charge in [-0.25, -0.2) is 9.98 Å². The summed E-state index contributed by atoms with van der Waals surface area (Å²) >= 11 is 9.51. The molecule has 0 atom stereocenters. The fraction of sp³-hybridized carbons (Fsp3) is 0.333. The highest BCUT2D eigenvalue weighted by Crippen LogP contribution is 2.26. The normalized spacial score (nSPS) is 15.3. The maximum atomic E-state index is 6.07. The summed E-state index contributed by atoms with van der Waals surface area (Å²) in [5.74, 6) is 2.89. The van der Waals surface area contributed by atoms with Crippen molar-refractivity contribution in [2.24, 2.45) is 10.7 Å². The first kappa shape index (κ1) is 18.8. The fourth-order valence-electron chi connectivity index (χ4n) is 2.16. The maximum Gasteiger partial charge on any atom is 0.191 e. The van der Waals surface area contributed by atoms with Gasteiger partial charge in [-0.2, -0.15) is 11.8 Å². The van der Waals surface area contributed by atoms with E-state index in [9.17, 15) is 0 Å². The molecule has 1 aliphatic heterocycles. The molecule has 124 valence electrons. The largest absolute Gasteiger partial charge is 0.370 e. The lowest BCUT2D eigenvalue weighted by atomic mass is 10.2. The molecule has 2 heterocycles. The summed E-state index contributed by atoms with van der Waals surface area (Å²) in [6.07, 6.45) is 1.87. The molecule has 0 spiro atoms. The average molecular weight is 481 g/mol. The first-order valence-corrected chi connectivity index (χ1v) is 9.40. The van der Waals surface area contributed by atoms with E-state index in [1.807, 2.05) is 42.2 Å². The van der Waals surface area contributed by atoms with E-state index in [0.29, 0.717) is 12.5 Å². The van der Waals surface area contributed by atoms with Crippen LogP contribution in [0.1, 0.15) is 4.88 Å². The quantitative estimate of drug-likeness (QED) is 0.411. The first-order chi connectivity index (χ1) is 10.7. The Morgan fingerprint density at radius 1 is 1.26 bits per heavy atom. The van der Waals surface area contributed by atoms with Crippen LogP contribution in [0.15, 0.2) is 35.5 Å². The number of halogens is 2. The van der Waals surface area contributed by atoms with E-state index in [1.165, 1.54) is 0 Å². The van der Waals surface area contributed by atoms with Crippen molar-refractivity contribution in [2.75, 3.05) is 24.6 Å². The summed E-state index contributed by atoms with van der Waals surface area (Å²) in [6, 6.07) is 7.72. The van der Waals surface area contributed by atoms with Crippen LogP contribution in [0, 0.1) is 0 Å². The van der Waals surface area contributed by atoms with Gasteiger partial charge < -0.3 is 10.6 Å². The number of guanidine groups is 1. The van der Waals surface area contributed by atoms with E-state index in [-0.39, 0.29) is 24.0 Å². The van der Waals surface area contributed by atoms with Crippen LogP contribution in [-0.4, -0.2) is 40.4 Å². The molecule has 1 saturated heterocycles. The monoisotopic (exact) mass is 480 g/mol. The molecule has 23 heavy (non-hydrogen) atoms. The predicted octanol–water partition coefficient (Wildman–Crippen LogP) is 3.95.